The van der Waals surface area contributed by atoms with Crippen LogP contribution in [0.5, 0.6) is 5.88 Å². The van der Waals surface area contributed by atoms with Crippen molar-refractivity contribution in [3.63, 3.8) is 0 Å². The second-order valence-corrected chi connectivity index (χ2v) is 5.79. The molecule has 4 rings (SSSR count). The van der Waals surface area contributed by atoms with Crippen LogP contribution in [0, 0.1) is 0 Å². The highest BCUT2D eigenvalue weighted by Crippen LogP contribution is 2.38. The summed E-state index contributed by atoms with van der Waals surface area (Å²) in [6.45, 7) is -0.456. The van der Waals surface area contributed by atoms with E-state index in [1.54, 1.807) is 0 Å². The zero-order valence-corrected chi connectivity index (χ0v) is 13.7. The second kappa shape index (κ2) is 6.55. The Kier molecular flexibility index (Phi) is 4.19. The molecule has 0 radical (unpaired) electrons. The Hall–Kier alpha value is -3.13. The number of fused-ring (bicyclic) bond motifs is 1. The van der Waals surface area contributed by atoms with Crippen molar-refractivity contribution in [3.05, 3.63) is 35.4 Å². The molecule has 1 saturated heterocycles. The topological polar surface area (TPSA) is 181 Å². The van der Waals surface area contributed by atoms with Crippen LogP contribution in [-0.2, 0) is 15.5 Å². The molecule has 1 aliphatic rings. The van der Waals surface area contributed by atoms with Gasteiger partial charge >= 0.3 is 5.69 Å². The lowest BCUT2D eigenvalue weighted by molar-refractivity contribution is -0.271. The van der Waals surface area contributed by atoms with Crippen molar-refractivity contribution in [3.8, 4) is 5.88 Å². The molecule has 5 N–H and O–H groups in total. The molecular weight excluding hydrogens is 362 g/mol. The molecule has 3 aromatic heterocycles. The third kappa shape index (κ3) is 2.97. The molecule has 3 aromatic rings. The Labute approximate surface area is 150 Å². The van der Waals surface area contributed by atoms with Crippen LogP contribution in [0.4, 0.5) is 5.82 Å². The first-order valence-corrected chi connectivity index (χ1v) is 7.86. The fourth-order valence-electron chi connectivity index (χ4n) is 2.82. The summed E-state index contributed by atoms with van der Waals surface area (Å²) >= 11 is 0. The van der Waals surface area contributed by atoms with Crippen molar-refractivity contribution in [2.75, 3.05) is 12.1 Å². The van der Waals surface area contributed by atoms with Crippen LogP contribution in [0.2, 0.25) is 0 Å². The Morgan fingerprint density at radius 3 is 3.04 bits per heavy atom. The summed E-state index contributed by atoms with van der Waals surface area (Å²) in [6.07, 6.45) is 1.68. The number of anilines is 1. The van der Waals surface area contributed by atoms with Crippen molar-refractivity contribution in [1.82, 2.24) is 29.5 Å². The SMILES string of the molecule is O=c1nc(NO[C@]2(n3cnc4c(O)ncnc43)C[C@H](O)[C@@H](CO)O2)cc[nH]1. The second-order valence-electron chi connectivity index (χ2n) is 5.79. The van der Waals surface area contributed by atoms with Crippen LogP contribution >= 0.6 is 0 Å². The summed E-state index contributed by atoms with van der Waals surface area (Å²) < 4.78 is 7.07. The first-order chi connectivity index (χ1) is 13.0. The fraction of sp³-hybridized carbons (Fsp3) is 0.357. The van der Waals surface area contributed by atoms with E-state index >= 15 is 0 Å². The van der Waals surface area contributed by atoms with Crippen LogP contribution in [-0.4, -0.2) is 63.6 Å². The molecule has 0 spiro atoms. The van der Waals surface area contributed by atoms with Crippen LogP contribution in [0.3, 0.4) is 0 Å². The van der Waals surface area contributed by atoms with Gasteiger partial charge in [-0.15, -0.1) is 0 Å². The highest BCUT2D eigenvalue weighted by molar-refractivity contribution is 5.75. The number of rotatable bonds is 5. The number of aromatic amines is 1. The fourth-order valence-corrected chi connectivity index (χ4v) is 2.82. The Bertz CT molecular complexity index is 1020. The van der Waals surface area contributed by atoms with E-state index in [2.05, 4.69) is 30.4 Å². The van der Waals surface area contributed by atoms with E-state index in [1.807, 2.05) is 0 Å². The number of aliphatic hydroxyl groups is 2. The predicted octanol–water partition coefficient (Wildman–Crippen LogP) is -1.59. The normalized spacial score (nSPS) is 25.1. The van der Waals surface area contributed by atoms with Crippen LogP contribution in [0.15, 0.2) is 29.7 Å². The van der Waals surface area contributed by atoms with Gasteiger partial charge in [-0.2, -0.15) is 9.97 Å². The average molecular weight is 377 g/mol. The van der Waals surface area contributed by atoms with E-state index in [9.17, 15) is 20.1 Å². The molecule has 13 nitrogen and oxygen atoms in total. The number of aliphatic hydroxyl groups excluding tert-OH is 2. The van der Waals surface area contributed by atoms with Gasteiger partial charge in [0, 0.05) is 6.20 Å². The zero-order valence-electron chi connectivity index (χ0n) is 13.7. The van der Waals surface area contributed by atoms with Crippen LogP contribution in [0.1, 0.15) is 6.42 Å². The lowest BCUT2D eigenvalue weighted by Crippen LogP contribution is -2.39. The number of hydrogen-bond acceptors (Lipinski definition) is 11. The van der Waals surface area contributed by atoms with Crippen LogP contribution in [0.25, 0.3) is 11.2 Å². The molecule has 4 heterocycles. The van der Waals surface area contributed by atoms with Crippen molar-refractivity contribution >= 4 is 17.0 Å². The monoisotopic (exact) mass is 377 g/mol. The summed E-state index contributed by atoms with van der Waals surface area (Å²) in [5.41, 5.74) is 2.18. The number of aromatic hydroxyl groups is 1. The van der Waals surface area contributed by atoms with Gasteiger partial charge in [0.2, 0.25) is 5.88 Å². The minimum absolute atomic E-state index is 0.0885. The maximum absolute atomic E-state index is 11.3. The molecule has 142 valence electrons. The van der Waals surface area contributed by atoms with E-state index in [0.717, 1.165) is 6.33 Å². The molecule has 0 aromatic carbocycles. The highest BCUT2D eigenvalue weighted by Gasteiger charge is 2.50. The molecule has 0 unspecified atom stereocenters. The van der Waals surface area contributed by atoms with Crippen LogP contribution < -0.4 is 11.2 Å². The third-order valence-electron chi connectivity index (χ3n) is 4.08. The van der Waals surface area contributed by atoms with E-state index in [0.29, 0.717) is 0 Å². The average Bonchev–Trinajstić information content (AvgIpc) is 3.23. The third-order valence-corrected chi connectivity index (χ3v) is 4.08. The number of imidazole rings is 1. The lowest BCUT2D eigenvalue weighted by atomic mass is 10.2. The van der Waals surface area contributed by atoms with Crippen molar-refractivity contribution in [2.24, 2.45) is 0 Å². The number of nitrogens with one attached hydrogen (secondary N) is 2. The molecule has 1 aliphatic heterocycles. The highest BCUT2D eigenvalue weighted by atomic mass is 16.8. The molecule has 0 aliphatic carbocycles. The van der Waals surface area contributed by atoms with Crippen molar-refractivity contribution < 1.29 is 24.9 Å². The van der Waals surface area contributed by atoms with Gasteiger partial charge in [0.25, 0.3) is 5.91 Å². The largest absolute Gasteiger partial charge is 0.492 e. The first-order valence-electron chi connectivity index (χ1n) is 7.86. The Balaban J connectivity index is 1.74. The minimum Gasteiger partial charge on any atom is -0.492 e. The summed E-state index contributed by atoms with van der Waals surface area (Å²) in [4.78, 5) is 34.8. The molecule has 13 heteroatoms. The van der Waals surface area contributed by atoms with E-state index in [-0.39, 0.29) is 29.3 Å². The first kappa shape index (κ1) is 17.3. The standard InChI is InChI=1S/C14H15N7O6/c22-4-8-7(23)3-14(26-8,27-20-9-1-2-15-13(25)19-9)21-6-18-10-11(21)16-5-17-12(10)24/h1-2,5-8,22-23H,3-4H2,(H,16,17,24)(H2,15,19,20,25)/t7-,8+,14-/m0/s1. The smallest absolute Gasteiger partial charge is 0.346 e. The molecule has 1 fully saturated rings. The van der Waals surface area contributed by atoms with Crippen molar-refractivity contribution in [1.29, 1.82) is 0 Å². The quantitative estimate of drug-likeness (QED) is 0.323. The summed E-state index contributed by atoms with van der Waals surface area (Å²) in [7, 11) is 0. The molecule has 0 amide bonds. The predicted molar refractivity (Wildman–Crippen MR) is 87.1 cm³/mol. The van der Waals surface area contributed by atoms with E-state index in [1.165, 1.54) is 23.2 Å². The van der Waals surface area contributed by atoms with Gasteiger partial charge < -0.3 is 25.0 Å². The molecule has 0 saturated carbocycles. The summed E-state index contributed by atoms with van der Waals surface area (Å²) in [5, 5.41) is 29.5. The summed E-state index contributed by atoms with van der Waals surface area (Å²) in [6, 6.07) is 1.45. The Morgan fingerprint density at radius 1 is 1.44 bits per heavy atom. The Morgan fingerprint density at radius 2 is 2.30 bits per heavy atom. The summed E-state index contributed by atoms with van der Waals surface area (Å²) in [5.74, 6) is -1.94. The van der Waals surface area contributed by atoms with Gasteiger partial charge in [0.1, 0.15) is 18.8 Å². The van der Waals surface area contributed by atoms with Gasteiger partial charge in [-0.3, -0.25) is 4.57 Å². The molecule has 27 heavy (non-hydrogen) atoms. The molecule has 3 atom stereocenters. The van der Waals surface area contributed by atoms with E-state index in [4.69, 9.17) is 9.57 Å². The number of aromatic nitrogens is 6. The number of ether oxygens (including phenoxy) is 1. The minimum atomic E-state index is -1.69. The zero-order chi connectivity index (χ0) is 19.0. The maximum Gasteiger partial charge on any atom is 0.346 e. The van der Waals surface area contributed by atoms with Gasteiger partial charge in [-0.05, 0) is 6.07 Å². The molecule has 0 bridgehead atoms. The lowest BCUT2D eigenvalue weighted by Gasteiger charge is -2.29. The maximum atomic E-state index is 11.3. The number of nitrogens with zero attached hydrogens (tertiary/aromatic N) is 5. The van der Waals surface area contributed by atoms with Gasteiger partial charge in [-0.1, -0.05) is 0 Å². The number of H-pyrrole nitrogens is 1. The van der Waals surface area contributed by atoms with Crippen molar-refractivity contribution in [2.45, 2.75) is 24.5 Å². The van der Waals surface area contributed by atoms with Gasteiger partial charge in [0.15, 0.2) is 17.0 Å². The number of hydrogen-bond donors (Lipinski definition) is 5. The van der Waals surface area contributed by atoms with E-state index < -0.39 is 30.4 Å². The van der Waals surface area contributed by atoms with Gasteiger partial charge in [0.05, 0.1) is 19.1 Å². The van der Waals surface area contributed by atoms with Gasteiger partial charge in [-0.25, -0.2) is 25.1 Å². The molecular formula is C14H15N7O6.